The van der Waals surface area contributed by atoms with Gasteiger partial charge >= 0.3 is 0 Å². The van der Waals surface area contributed by atoms with Gasteiger partial charge in [-0.3, -0.25) is 0 Å². The highest BCUT2D eigenvalue weighted by molar-refractivity contribution is 6.10. The molecule has 1 aromatic heterocycles. The van der Waals surface area contributed by atoms with Gasteiger partial charge in [-0.2, -0.15) is 0 Å². The second kappa shape index (κ2) is 10.1. The zero-order valence-electron chi connectivity index (χ0n) is 23.0. The Morgan fingerprint density at radius 3 is 1.93 bits per heavy atom. The van der Waals surface area contributed by atoms with Crippen molar-refractivity contribution in [1.29, 1.82) is 0 Å². The molecule has 8 aromatic rings. The minimum absolute atomic E-state index is 1.06. The number of hydrogen-bond donors (Lipinski definition) is 1. The van der Waals surface area contributed by atoms with Crippen molar-refractivity contribution in [3.63, 3.8) is 0 Å². The first-order valence-corrected chi connectivity index (χ1v) is 14.4. The predicted octanol–water partition coefficient (Wildman–Crippen LogP) is 11.0. The highest BCUT2D eigenvalue weighted by Gasteiger charge is 2.14. The van der Waals surface area contributed by atoms with Gasteiger partial charge in [0.15, 0.2) is 0 Å². The van der Waals surface area contributed by atoms with Crippen LogP contribution in [0.5, 0.6) is 0 Å². The topological polar surface area (TPSA) is 17.0 Å². The van der Waals surface area contributed by atoms with E-state index in [0.717, 1.165) is 11.4 Å². The Morgan fingerprint density at radius 1 is 0.405 bits per heavy atom. The summed E-state index contributed by atoms with van der Waals surface area (Å²) in [4.78, 5) is 0. The maximum Gasteiger partial charge on any atom is 0.0541 e. The zero-order valence-corrected chi connectivity index (χ0v) is 23.0. The van der Waals surface area contributed by atoms with Gasteiger partial charge in [0, 0.05) is 33.4 Å². The third kappa shape index (κ3) is 4.13. The normalized spacial score (nSPS) is 11.3. The minimum Gasteiger partial charge on any atom is -0.355 e. The lowest BCUT2D eigenvalue weighted by Crippen LogP contribution is -1.94. The summed E-state index contributed by atoms with van der Waals surface area (Å²) in [7, 11) is 0. The van der Waals surface area contributed by atoms with Gasteiger partial charge in [-0.25, -0.2) is 0 Å². The molecule has 2 heteroatoms. The van der Waals surface area contributed by atoms with Crippen molar-refractivity contribution in [2.45, 2.75) is 0 Å². The van der Waals surface area contributed by atoms with Gasteiger partial charge in [-0.15, -0.1) is 0 Å². The van der Waals surface area contributed by atoms with E-state index in [1.54, 1.807) is 0 Å². The van der Waals surface area contributed by atoms with Gasteiger partial charge in [0.05, 0.1) is 11.0 Å². The molecule has 0 unspecified atom stereocenters. The first-order valence-electron chi connectivity index (χ1n) is 14.4. The van der Waals surface area contributed by atoms with E-state index < -0.39 is 0 Å². The summed E-state index contributed by atoms with van der Waals surface area (Å²) in [5.74, 6) is 0. The van der Waals surface area contributed by atoms with Crippen LogP contribution in [-0.2, 0) is 0 Å². The van der Waals surface area contributed by atoms with E-state index in [9.17, 15) is 0 Å². The Labute approximate surface area is 245 Å². The summed E-state index contributed by atoms with van der Waals surface area (Å²) < 4.78 is 2.36. The highest BCUT2D eigenvalue weighted by Crippen LogP contribution is 2.37. The number of aromatic nitrogens is 1. The van der Waals surface area contributed by atoms with Crippen molar-refractivity contribution >= 4 is 44.0 Å². The molecule has 1 heterocycles. The molecular formula is C40H28N2. The average Bonchev–Trinajstić information content (AvgIpc) is 3.39. The largest absolute Gasteiger partial charge is 0.355 e. The van der Waals surface area contributed by atoms with Crippen LogP contribution in [0.4, 0.5) is 11.4 Å². The second-order valence-corrected chi connectivity index (χ2v) is 10.7. The molecule has 0 aliphatic heterocycles. The maximum atomic E-state index is 3.70. The Balaban J connectivity index is 1.17. The summed E-state index contributed by atoms with van der Waals surface area (Å²) in [5, 5.41) is 8.74. The van der Waals surface area contributed by atoms with Crippen LogP contribution in [0.1, 0.15) is 0 Å². The lowest BCUT2D eigenvalue weighted by molar-refractivity contribution is 1.18. The van der Waals surface area contributed by atoms with Crippen molar-refractivity contribution in [2.24, 2.45) is 0 Å². The number of rotatable bonds is 5. The Kier molecular flexibility index (Phi) is 5.82. The Bertz CT molecular complexity index is 2200. The Morgan fingerprint density at radius 2 is 1.05 bits per heavy atom. The van der Waals surface area contributed by atoms with Crippen molar-refractivity contribution in [3.05, 3.63) is 164 Å². The SMILES string of the molecule is c1ccc(-n2c3ccccc3c3cc(-c4ccccc4Nc4ccc(-c5cccc6ccccc56)cc4)ccc32)cc1. The number of para-hydroxylation sites is 3. The van der Waals surface area contributed by atoms with Crippen LogP contribution in [0.25, 0.3) is 60.5 Å². The molecule has 2 nitrogen and oxygen atoms in total. The molecule has 7 aromatic carbocycles. The summed E-state index contributed by atoms with van der Waals surface area (Å²) in [5.41, 5.74) is 10.6. The quantitative estimate of drug-likeness (QED) is 0.231. The summed E-state index contributed by atoms with van der Waals surface area (Å²) in [6.45, 7) is 0. The van der Waals surface area contributed by atoms with Crippen LogP contribution in [0.2, 0.25) is 0 Å². The van der Waals surface area contributed by atoms with Crippen LogP contribution in [-0.4, -0.2) is 4.57 Å². The third-order valence-electron chi connectivity index (χ3n) is 8.19. The summed E-state index contributed by atoms with van der Waals surface area (Å²) >= 11 is 0. The molecule has 0 bridgehead atoms. The number of nitrogens with zero attached hydrogens (tertiary/aromatic N) is 1. The number of fused-ring (bicyclic) bond motifs is 4. The molecule has 0 spiro atoms. The van der Waals surface area contributed by atoms with Crippen LogP contribution in [0, 0.1) is 0 Å². The van der Waals surface area contributed by atoms with Crippen LogP contribution >= 0.6 is 0 Å². The molecule has 0 atom stereocenters. The van der Waals surface area contributed by atoms with Gasteiger partial charge < -0.3 is 9.88 Å². The first kappa shape index (κ1) is 24.2. The van der Waals surface area contributed by atoms with Gasteiger partial charge in [0.2, 0.25) is 0 Å². The fourth-order valence-corrected chi connectivity index (χ4v) is 6.21. The molecule has 0 saturated carbocycles. The highest BCUT2D eigenvalue weighted by atomic mass is 15.0. The number of nitrogens with one attached hydrogen (secondary N) is 1. The Hall–Kier alpha value is -5.60. The summed E-state index contributed by atoms with van der Waals surface area (Å²) in [6, 6.07) is 58.5. The number of hydrogen-bond acceptors (Lipinski definition) is 1. The van der Waals surface area contributed by atoms with E-state index in [1.807, 2.05) is 0 Å². The minimum atomic E-state index is 1.06. The van der Waals surface area contributed by atoms with Gasteiger partial charge in [0.25, 0.3) is 0 Å². The van der Waals surface area contributed by atoms with E-state index in [4.69, 9.17) is 0 Å². The predicted molar refractivity (Wildman–Crippen MR) is 179 cm³/mol. The zero-order chi connectivity index (χ0) is 27.9. The number of anilines is 2. The molecule has 0 radical (unpaired) electrons. The van der Waals surface area contributed by atoms with Crippen molar-refractivity contribution in [1.82, 2.24) is 4.57 Å². The monoisotopic (exact) mass is 536 g/mol. The van der Waals surface area contributed by atoms with Crippen LogP contribution in [0.3, 0.4) is 0 Å². The molecule has 0 fully saturated rings. The molecule has 0 aliphatic carbocycles. The van der Waals surface area contributed by atoms with Gasteiger partial charge in [-0.05, 0) is 76.0 Å². The van der Waals surface area contributed by atoms with E-state index in [2.05, 4.69) is 174 Å². The molecule has 1 N–H and O–H groups in total. The molecule has 42 heavy (non-hydrogen) atoms. The lowest BCUT2D eigenvalue weighted by atomic mass is 9.98. The van der Waals surface area contributed by atoms with Crippen molar-refractivity contribution in [3.8, 4) is 27.9 Å². The van der Waals surface area contributed by atoms with E-state index in [1.165, 1.54) is 60.5 Å². The van der Waals surface area contributed by atoms with Crippen LogP contribution in [0.15, 0.2) is 164 Å². The average molecular weight is 537 g/mol. The van der Waals surface area contributed by atoms with Gasteiger partial charge in [-0.1, -0.05) is 115 Å². The summed E-state index contributed by atoms with van der Waals surface area (Å²) in [6.07, 6.45) is 0. The van der Waals surface area contributed by atoms with E-state index in [0.29, 0.717) is 0 Å². The molecule has 0 aliphatic rings. The van der Waals surface area contributed by atoms with E-state index >= 15 is 0 Å². The molecular weight excluding hydrogens is 508 g/mol. The third-order valence-corrected chi connectivity index (χ3v) is 8.19. The van der Waals surface area contributed by atoms with E-state index in [-0.39, 0.29) is 0 Å². The van der Waals surface area contributed by atoms with Crippen molar-refractivity contribution < 1.29 is 0 Å². The fraction of sp³-hybridized carbons (Fsp3) is 0. The second-order valence-electron chi connectivity index (χ2n) is 10.7. The molecule has 198 valence electrons. The molecule has 0 amide bonds. The number of benzene rings is 7. The molecule has 0 saturated heterocycles. The molecule has 8 rings (SSSR count). The fourth-order valence-electron chi connectivity index (χ4n) is 6.21. The van der Waals surface area contributed by atoms with Crippen LogP contribution < -0.4 is 5.32 Å². The van der Waals surface area contributed by atoms with Gasteiger partial charge in [0.1, 0.15) is 0 Å². The smallest absolute Gasteiger partial charge is 0.0541 e. The maximum absolute atomic E-state index is 3.70. The standard InChI is InChI=1S/C40H28N2/c1-2-13-32(14-3-1)42-39-20-9-7-17-36(39)37-27-30(23-26-40(37)42)35-16-6-8-19-38(35)41-31-24-21-29(22-25-31)34-18-10-12-28-11-4-5-15-33(28)34/h1-27,41H. The lowest BCUT2D eigenvalue weighted by Gasteiger charge is -2.14. The first-order chi connectivity index (χ1) is 20.8. The van der Waals surface area contributed by atoms with Crippen molar-refractivity contribution in [2.75, 3.05) is 5.32 Å².